The summed E-state index contributed by atoms with van der Waals surface area (Å²) in [5.74, 6) is 2.41. The van der Waals surface area contributed by atoms with E-state index in [1.807, 2.05) is 20.8 Å². The molecule has 0 bridgehead atoms. The largest absolute Gasteiger partial charge is 0.383 e. The minimum absolute atomic E-state index is 0.0296. The van der Waals surface area contributed by atoms with Gasteiger partial charge in [-0.25, -0.2) is 4.79 Å². The van der Waals surface area contributed by atoms with E-state index in [4.69, 9.17) is 30.9 Å². The minimum Gasteiger partial charge on any atom is -0.383 e. The van der Waals surface area contributed by atoms with Crippen molar-refractivity contribution < 1.29 is 28.2 Å². The van der Waals surface area contributed by atoms with Crippen molar-refractivity contribution in [2.45, 2.75) is 76.8 Å². The fourth-order valence-corrected chi connectivity index (χ4v) is 3.69. The van der Waals surface area contributed by atoms with Crippen molar-refractivity contribution >= 4 is 13.4 Å². The van der Waals surface area contributed by atoms with Crippen molar-refractivity contribution in [3.63, 3.8) is 0 Å². The van der Waals surface area contributed by atoms with Crippen LogP contribution in [0.1, 0.15) is 47.8 Å². The van der Waals surface area contributed by atoms with Gasteiger partial charge >= 0.3 is 13.3 Å². The van der Waals surface area contributed by atoms with Crippen molar-refractivity contribution in [2.24, 2.45) is 0 Å². The molecule has 1 aliphatic heterocycles. The molecule has 0 saturated carbocycles. The molecule has 2 rings (SSSR count). The van der Waals surface area contributed by atoms with Crippen molar-refractivity contribution in [2.75, 3.05) is 18.9 Å². The smallest absolute Gasteiger partial charge is 0.351 e. The van der Waals surface area contributed by atoms with E-state index in [-0.39, 0.29) is 19.0 Å². The van der Waals surface area contributed by atoms with Gasteiger partial charge in [0.25, 0.3) is 0 Å². The first kappa shape index (κ1) is 25.5. The number of anilines is 1. The molecular weight excluding hydrogens is 425 g/mol. The van der Waals surface area contributed by atoms with Gasteiger partial charge in [0.1, 0.15) is 30.7 Å². The molecule has 174 valence electrons. The summed E-state index contributed by atoms with van der Waals surface area (Å²) in [5.41, 5.74) is 4.41. The summed E-state index contributed by atoms with van der Waals surface area (Å²) < 4.78 is 37.5. The zero-order valence-corrected chi connectivity index (χ0v) is 19.7. The van der Waals surface area contributed by atoms with E-state index in [2.05, 4.69) is 10.9 Å². The van der Waals surface area contributed by atoms with Crippen LogP contribution in [0, 0.1) is 12.3 Å². The monoisotopic (exact) mass is 457 g/mol. The lowest BCUT2D eigenvalue weighted by molar-refractivity contribution is -0.101. The molecule has 0 aliphatic carbocycles. The van der Waals surface area contributed by atoms with Crippen LogP contribution in [-0.2, 0) is 23.3 Å². The third-order valence-corrected chi connectivity index (χ3v) is 6.79. The molecule has 11 heteroatoms. The van der Waals surface area contributed by atoms with Gasteiger partial charge in [-0.3, -0.25) is 13.7 Å². The van der Waals surface area contributed by atoms with Crippen LogP contribution in [0.2, 0.25) is 0 Å². The van der Waals surface area contributed by atoms with Gasteiger partial charge in [0.05, 0.1) is 17.4 Å². The first-order valence-electron chi connectivity index (χ1n) is 9.87. The summed E-state index contributed by atoms with van der Waals surface area (Å²) in [7, 11) is -4.12. The van der Waals surface area contributed by atoms with Gasteiger partial charge in [0, 0.05) is 6.20 Å². The number of nitrogens with zero attached hydrogens (tertiary/aromatic N) is 2. The van der Waals surface area contributed by atoms with E-state index in [1.54, 1.807) is 20.8 Å². The molecule has 1 aromatic rings. The molecule has 10 nitrogen and oxygen atoms in total. The number of hydrogen-bond donors (Lipinski definition) is 2. The lowest BCUT2D eigenvalue weighted by Crippen LogP contribution is -2.41. The fraction of sp³-hybridized carbons (Fsp3) is 0.700. The molecule has 0 aromatic carbocycles. The number of nitrogen functional groups attached to an aromatic ring is 1. The van der Waals surface area contributed by atoms with Gasteiger partial charge in [-0.1, -0.05) is 5.92 Å². The van der Waals surface area contributed by atoms with E-state index in [0.717, 1.165) is 0 Å². The maximum atomic E-state index is 13.0. The Balaban J connectivity index is 2.48. The van der Waals surface area contributed by atoms with Crippen LogP contribution in [0.3, 0.4) is 0 Å². The topological polar surface area (TPSA) is 135 Å². The molecule has 1 saturated heterocycles. The standard InChI is InChI=1S/C20H32N3O7P/c1-8-11-27-16-15(30-31(25,26)20(5,6)7)13(12-28-19(2,3)4)29-17(16)23-10-9-14(21)22-18(23)24/h1,9-10,13,15-17H,11-12H2,2-7H3,(H,25,26)(H2,21,22,24)/t13-,15+,16?,17-/m1/s1. The van der Waals surface area contributed by atoms with E-state index >= 15 is 0 Å². The molecule has 2 heterocycles. The predicted molar refractivity (Wildman–Crippen MR) is 116 cm³/mol. The third kappa shape index (κ3) is 6.39. The lowest BCUT2D eigenvalue weighted by Gasteiger charge is -2.32. The van der Waals surface area contributed by atoms with Crippen LogP contribution in [-0.4, -0.2) is 56.7 Å². The van der Waals surface area contributed by atoms with Crippen LogP contribution >= 0.6 is 7.60 Å². The van der Waals surface area contributed by atoms with E-state index in [1.165, 1.54) is 16.8 Å². The molecule has 3 N–H and O–H groups in total. The highest BCUT2D eigenvalue weighted by Gasteiger charge is 2.52. The second-order valence-corrected chi connectivity index (χ2v) is 11.9. The maximum Gasteiger partial charge on any atom is 0.351 e. The summed E-state index contributed by atoms with van der Waals surface area (Å²) in [6.45, 7) is 10.3. The predicted octanol–water partition coefficient (Wildman–Crippen LogP) is 1.93. The SMILES string of the molecule is C#CCOC1[C@@H](OP(=O)(O)C(C)(C)C)[C@@H](COC(C)(C)C)O[C@H]1n1ccc(N)nc1=O. The second-order valence-electron chi connectivity index (χ2n) is 9.27. The Kier molecular flexibility index (Phi) is 7.75. The van der Waals surface area contributed by atoms with E-state index < -0.39 is 48.6 Å². The fourth-order valence-electron chi connectivity index (χ4n) is 2.79. The van der Waals surface area contributed by atoms with Crippen LogP contribution in [0.4, 0.5) is 5.82 Å². The number of rotatable bonds is 7. The number of hydrogen-bond acceptors (Lipinski definition) is 8. The number of terminal acetylenes is 1. The van der Waals surface area contributed by atoms with Crippen molar-refractivity contribution in [3.8, 4) is 12.3 Å². The normalized spacial score (nSPS) is 26.4. The second kappa shape index (κ2) is 9.41. The molecule has 1 fully saturated rings. The Hall–Kier alpha value is -1.73. The molecule has 0 spiro atoms. The van der Waals surface area contributed by atoms with Gasteiger partial charge in [-0.2, -0.15) is 4.98 Å². The molecule has 1 aliphatic rings. The Morgan fingerprint density at radius 3 is 2.48 bits per heavy atom. The molecule has 31 heavy (non-hydrogen) atoms. The van der Waals surface area contributed by atoms with Crippen molar-refractivity contribution in [1.29, 1.82) is 0 Å². The van der Waals surface area contributed by atoms with Crippen molar-refractivity contribution in [1.82, 2.24) is 9.55 Å². The number of aromatic nitrogens is 2. The van der Waals surface area contributed by atoms with E-state index in [0.29, 0.717) is 0 Å². The van der Waals surface area contributed by atoms with Gasteiger partial charge in [0.2, 0.25) is 0 Å². The zero-order chi connectivity index (χ0) is 23.6. The Bertz CT molecular complexity index is 913. The summed E-state index contributed by atoms with van der Waals surface area (Å²) in [4.78, 5) is 26.7. The average Bonchev–Trinajstić information content (AvgIpc) is 2.93. The number of nitrogens with two attached hydrogens (primary N) is 1. The summed E-state index contributed by atoms with van der Waals surface area (Å²) in [5, 5.41) is -1.06. The van der Waals surface area contributed by atoms with Crippen LogP contribution in [0.5, 0.6) is 0 Å². The van der Waals surface area contributed by atoms with Crippen LogP contribution in [0.25, 0.3) is 0 Å². The van der Waals surface area contributed by atoms with Crippen LogP contribution < -0.4 is 11.4 Å². The third-order valence-electron chi connectivity index (χ3n) is 4.56. The summed E-state index contributed by atoms with van der Waals surface area (Å²) in [6.07, 6.45) is 2.90. The zero-order valence-electron chi connectivity index (χ0n) is 18.8. The molecule has 1 aromatic heterocycles. The van der Waals surface area contributed by atoms with Gasteiger partial charge in [0.15, 0.2) is 6.23 Å². The lowest BCUT2D eigenvalue weighted by atomic mass is 10.1. The quantitative estimate of drug-likeness (QED) is 0.465. The molecule has 0 radical (unpaired) electrons. The van der Waals surface area contributed by atoms with Crippen molar-refractivity contribution in [3.05, 3.63) is 22.7 Å². The Labute approximate surface area is 182 Å². The highest BCUT2D eigenvalue weighted by molar-refractivity contribution is 7.54. The van der Waals surface area contributed by atoms with Gasteiger partial charge in [-0.15, -0.1) is 6.42 Å². The first-order chi connectivity index (χ1) is 14.2. The summed E-state index contributed by atoms with van der Waals surface area (Å²) >= 11 is 0. The average molecular weight is 457 g/mol. The molecule has 5 atom stereocenters. The van der Waals surface area contributed by atoms with Gasteiger partial charge in [-0.05, 0) is 47.6 Å². The Morgan fingerprint density at radius 2 is 1.97 bits per heavy atom. The molecular formula is C20H32N3O7P. The maximum absolute atomic E-state index is 13.0. The minimum atomic E-state index is -4.12. The summed E-state index contributed by atoms with van der Waals surface area (Å²) in [6, 6.07) is 1.43. The first-order valence-corrected chi connectivity index (χ1v) is 11.4. The highest BCUT2D eigenvalue weighted by atomic mass is 31.2. The van der Waals surface area contributed by atoms with Gasteiger partial charge < -0.3 is 24.8 Å². The van der Waals surface area contributed by atoms with Crippen LogP contribution in [0.15, 0.2) is 17.1 Å². The molecule has 2 unspecified atom stereocenters. The molecule has 0 amide bonds. The Morgan fingerprint density at radius 1 is 1.32 bits per heavy atom. The number of ether oxygens (including phenoxy) is 3. The highest BCUT2D eigenvalue weighted by Crippen LogP contribution is 2.57. The van der Waals surface area contributed by atoms with E-state index in [9.17, 15) is 14.3 Å².